The van der Waals surface area contributed by atoms with Crippen LogP contribution >= 0.6 is 0 Å². The lowest BCUT2D eigenvalue weighted by atomic mass is 10.1. The normalized spacial score (nSPS) is 14.8. The molecule has 0 saturated heterocycles. The number of hydrogen-bond donors (Lipinski definition) is 4. The number of aliphatic hydroxyl groups is 1. The van der Waals surface area contributed by atoms with Gasteiger partial charge in [0.15, 0.2) is 17.5 Å². The number of benzene rings is 1. The fourth-order valence-corrected chi connectivity index (χ4v) is 2.74. The maximum Gasteiger partial charge on any atom is 0.225 e. The molecule has 0 bridgehead atoms. The van der Waals surface area contributed by atoms with E-state index in [1.165, 1.54) is 12.1 Å². The standard InChI is InChI=1S/C18H18F2N6O/c19-12-5-3-11(4-6-12)15(9-27)22-18-21-8-13(20)17(24-18)23-16-7-14(25-26-16)10-1-2-10/h3-8,10,15,27H,1-2,9H2,(H3,21,22,23,24,25,26)/t15-/m0/s1. The molecular formula is C18H18F2N6O. The summed E-state index contributed by atoms with van der Waals surface area (Å²) in [5.41, 5.74) is 1.67. The van der Waals surface area contributed by atoms with Gasteiger partial charge in [-0.3, -0.25) is 5.10 Å². The number of aromatic amines is 1. The van der Waals surface area contributed by atoms with Gasteiger partial charge >= 0.3 is 0 Å². The Kier molecular flexibility index (Phi) is 4.68. The molecular weight excluding hydrogens is 354 g/mol. The van der Waals surface area contributed by atoms with Gasteiger partial charge in [0.25, 0.3) is 0 Å². The van der Waals surface area contributed by atoms with Crippen LogP contribution in [0.1, 0.15) is 36.1 Å². The van der Waals surface area contributed by atoms with Crippen LogP contribution in [0.5, 0.6) is 0 Å². The lowest BCUT2D eigenvalue weighted by Gasteiger charge is -2.17. The summed E-state index contributed by atoms with van der Waals surface area (Å²) in [4.78, 5) is 8.02. The van der Waals surface area contributed by atoms with Crippen molar-refractivity contribution in [3.63, 3.8) is 0 Å². The highest BCUT2D eigenvalue weighted by molar-refractivity contribution is 5.54. The molecule has 0 amide bonds. The van der Waals surface area contributed by atoms with Gasteiger partial charge in [-0.2, -0.15) is 10.1 Å². The van der Waals surface area contributed by atoms with Gasteiger partial charge in [0, 0.05) is 17.7 Å². The van der Waals surface area contributed by atoms with E-state index in [9.17, 15) is 13.9 Å². The zero-order valence-corrected chi connectivity index (χ0v) is 14.3. The predicted molar refractivity (Wildman–Crippen MR) is 95.7 cm³/mol. The van der Waals surface area contributed by atoms with Gasteiger partial charge < -0.3 is 15.7 Å². The van der Waals surface area contributed by atoms with Crippen molar-refractivity contribution in [2.75, 3.05) is 17.2 Å². The van der Waals surface area contributed by atoms with Crippen LogP contribution in [0.4, 0.5) is 26.4 Å². The maximum atomic E-state index is 14.1. The monoisotopic (exact) mass is 372 g/mol. The predicted octanol–water partition coefficient (Wildman–Crippen LogP) is 3.24. The van der Waals surface area contributed by atoms with Crippen molar-refractivity contribution in [3.8, 4) is 0 Å². The lowest BCUT2D eigenvalue weighted by Crippen LogP contribution is -2.17. The van der Waals surface area contributed by atoms with E-state index in [4.69, 9.17) is 0 Å². The number of hydrogen-bond acceptors (Lipinski definition) is 6. The molecule has 0 radical (unpaired) electrons. The van der Waals surface area contributed by atoms with Crippen LogP contribution in [0.25, 0.3) is 0 Å². The van der Waals surface area contributed by atoms with Crippen LogP contribution in [-0.4, -0.2) is 31.9 Å². The fourth-order valence-electron chi connectivity index (χ4n) is 2.74. The molecule has 9 heteroatoms. The zero-order chi connectivity index (χ0) is 18.8. The van der Waals surface area contributed by atoms with Crippen molar-refractivity contribution in [1.82, 2.24) is 20.2 Å². The molecule has 1 aromatic carbocycles. The van der Waals surface area contributed by atoms with Gasteiger partial charge in [0.2, 0.25) is 5.95 Å². The second-order valence-electron chi connectivity index (χ2n) is 6.43. The molecule has 140 valence electrons. The van der Waals surface area contributed by atoms with Crippen molar-refractivity contribution in [3.05, 3.63) is 59.4 Å². The van der Waals surface area contributed by atoms with Crippen molar-refractivity contribution in [2.45, 2.75) is 24.8 Å². The Morgan fingerprint density at radius 2 is 2.00 bits per heavy atom. The first-order valence-corrected chi connectivity index (χ1v) is 8.60. The van der Waals surface area contributed by atoms with E-state index < -0.39 is 11.9 Å². The smallest absolute Gasteiger partial charge is 0.225 e. The Morgan fingerprint density at radius 1 is 1.22 bits per heavy atom. The summed E-state index contributed by atoms with van der Waals surface area (Å²) in [6.07, 6.45) is 3.29. The summed E-state index contributed by atoms with van der Waals surface area (Å²) >= 11 is 0. The molecule has 4 N–H and O–H groups in total. The van der Waals surface area contributed by atoms with Gasteiger partial charge in [0.1, 0.15) is 5.82 Å². The van der Waals surface area contributed by atoms with E-state index in [-0.39, 0.29) is 24.2 Å². The summed E-state index contributed by atoms with van der Waals surface area (Å²) in [5.74, 6) is 0.0694. The summed E-state index contributed by atoms with van der Waals surface area (Å²) in [6.45, 7) is -0.265. The van der Waals surface area contributed by atoms with Gasteiger partial charge in [-0.25, -0.2) is 13.8 Å². The van der Waals surface area contributed by atoms with Gasteiger partial charge in [-0.1, -0.05) is 12.1 Å². The van der Waals surface area contributed by atoms with Crippen LogP contribution in [0.15, 0.2) is 36.5 Å². The molecule has 1 saturated carbocycles. The quantitative estimate of drug-likeness (QED) is 0.508. The first kappa shape index (κ1) is 17.3. The molecule has 3 aromatic rings. The average Bonchev–Trinajstić information content (AvgIpc) is 3.42. The Morgan fingerprint density at radius 3 is 2.70 bits per heavy atom. The second kappa shape index (κ2) is 7.28. The number of aliphatic hydroxyl groups excluding tert-OH is 1. The Labute approximate surface area is 153 Å². The molecule has 0 unspecified atom stereocenters. The largest absolute Gasteiger partial charge is 0.394 e. The summed E-state index contributed by atoms with van der Waals surface area (Å²) in [5, 5.41) is 22.4. The number of aromatic nitrogens is 4. The molecule has 1 atom stereocenters. The summed E-state index contributed by atoms with van der Waals surface area (Å²) < 4.78 is 27.2. The van der Waals surface area contributed by atoms with Crippen molar-refractivity contribution in [2.24, 2.45) is 0 Å². The average molecular weight is 372 g/mol. The summed E-state index contributed by atoms with van der Waals surface area (Å²) in [6, 6.07) is 6.97. The minimum Gasteiger partial charge on any atom is -0.394 e. The number of halogens is 2. The fraction of sp³-hybridized carbons (Fsp3) is 0.278. The van der Waals surface area contributed by atoms with Crippen molar-refractivity contribution >= 4 is 17.6 Å². The third-order valence-electron chi connectivity index (χ3n) is 4.36. The van der Waals surface area contributed by atoms with Crippen LogP contribution in [0, 0.1) is 11.6 Å². The molecule has 1 aliphatic rings. The highest BCUT2D eigenvalue weighted by Crippen LogP contribution is 2.39. The third-order valence-corrected chi connectivity index (χ3v) is 4.36. The Bertz CT molecular complexity index is 926. The van der Waals surface area contributed by atoms with Crippen LogP contribution in [-0.2, 0) is 0 Å². The Hall–Kier alpha value is -3.07. The topological polar surface area (TPSA) is 98.8 Å². The third kappa shape index (κ3) is 4.03. The van der Waals surface area contributed by atoms with Crippen LogP contribution in [0.2, 0.25) is 0 Å². The van der Waals surface area contributed by atoms with E-state index in [1.807, 2.05) is 6.07 Å². The first-order valence-electron chi connectivity index (χ1n) is 8.60. The Balaban J connectivity index is 1.51. The molecule has 2 heterocycles. The van der Waals surface area contributed by atoms with E-state index in [0.717, 1.165) is 24.7 Å². The van der Waals surface area contributed by atoms with Gasteiger partial charge in [-0.05, 0) is 30.5 Å². The van der Waals surface area contributed by atoms with Crippen molar-refractivity contribution in [1.29, 1.82) is 0 Å². The molecule has 0 aliphatic heterocycles. The second-order valence-corrected chi connectivity index (χ2v) is 6.43. The highest BCUT2D eigenvalue weighted by Gasteiger charge is 2.25. The molecule has 1 fully saturated rings. The van der Waals surface area contributed by atoms with Gasteiger partial charge in [0.05, 0.1) is 18.8 Å². The zero-order valence-electron chi connectivity index (χ0n) is 14.3. The lowest BCUT2D eigenvalue weighted by molar-refractivity contribution is 0.276. The molecule has 1 aliphatic carbocycles. The minimum atomic E-state index is -0.626. The molecule has 2 aromatic heterocycles. The number of anilines is 3. The van der Waals surface area contributed by atoms with E-state index in [0.29, 0.717) is 17.3 Å². The number of nitrogens with zero attached hydrogens (tertiary/aromatic N) is 3. The van der Waals surface area contributed by atoms with E-state index in [2.05, 4.69) is 30.8 Å². The van der Waals surface area contributed by atoms with E-state index >= 15 is 0 Å². The summed E-state index contributed by atoms with van der Waals surface area (Å²) in [7, 11) is 0. The van der Waals surface area contributed by atoms with Crippen molar-refractivity contribution < 1.29 is 13.9 Å². The van der Waals surface area contributed by atoms with Gasteiger partial charge in [-0.15, -0.1) is 0 Å². The maximum absolute atomic E-state index is 14.1. The highest BCUT2D eigenvalue weighted by atomic mass is 19.1. The SMILES string of the molecule is OC[C@H](Nc1ncc(F)c(Nc2cc(C3CC3)[nH]n2)n1)c1ccc(F)cc1. The first-order chi connectivity index (χ1) is 13.1. The number of H-pyrrole nitrogens is 1. The molecule has 7 nitrogen and oxygen atoms in total. The van der Waals surface area contributed by atoms with E-state index in [1.54, 1.807) is 12.1 Å². The number of rotatable bonds is 7. The number of nitrogens with one attached hydrogen (secondary N) is 3. The molecule has 0 spiro atoms. The minimum absolute atomic E-state index is 0.0304. The van der Waals surface area contributed by atoms with Crippen LogP contribution in [0.3, 0.4) is 0 Å². The molecule has 4 rings (SSSR count). The molecule has 27 heavy (non-hydrogen) atoms. The van der Waals surface area contributed by atoms with Crippen LogP contribution < -0.4 is 10.6 Å².